The first-order valence-electron chi connectivity index (χ1n) is 10.7. The summed E-state index contributed by atoms with van der Waals surface area (Å²) in [5.41, 5.74) is 2.91. The molecule has 3 fully saturated rings. The maximum Gasteiger partial charge on any atom is 0.0642 e. The normalized spacial score (nSPS) is 36.3. The van der Waals surface area contributed by atoms with Crippen molar-refractivity contribution < 1.29 is 4.74 Å². The number of fused-ring (bicyclic) bond motifs is 1. The molecule has 0 amide bonds. The van der Waals surface area contributed by atoms with Crippen molar-refractivity contribution in [1.82, 2.24) is 15.5 Å². The van der Waals surface area contributed by atoms with Crippen molar-refractivity contribution in [2.24, 2.45) is 5.92 Å². The van der Waals surface area contributed by atoms with Gasteiger partial charge in [0, 0.05) is 46.4 Å². The van der Waals surface area contributed by atoms with Crippen LogP contribution >= 0.6 is 22.6 Å². The van der Waals surface area contributed by atoms with Crippen LogP contribution in [-0.4, -0.2) is 53.8 Å². The molecule has 2 unspecified atom stereocenters. The molecule has 2 N–H and O–H groups in total. The molecule has 0 bridgehead atoms. The minimum atomic E-state index is 0.488. The summed E-state index contributed by atoms with van der Waals surface area (Å²) in [6.07, 6.45) is 15.7. The molecule has 2 aliphatic carbocycles. The van der Waals surface area contributed by atoms with Crippen LogP contribution in [0.1, 0.15) is 51.4 Å². The minimum absolute atomic E-state index is 0.488. The summed E-state index contributed by atoms with van der Waals surface area (Å²) in [4.78, 5) is 2.52. The number of morpholine rings is 1. The highest BCUT2D eigenvalue weighted by atomic mass is 127. The van der Waals surface area contributed by atoms with Gasteiger partial charge in [-0.15, -0.1) is 0 Å². The average Bonchev–Trinajstić information content (AvgIpc) is 2.65. The molecule has 2 heterocycles. The van der Waals surface area contributed by atoms with Crippen molar-refractivity contribution in [3.8, 4) is 0 Å². The van der Waals surface area contributed by atoms with E-state index in [2.05, 4.69) is 50.3 Å². The fraction of sp³-hybridized carbons (Fsp3) is 0.810. The third-order valence-electron chi connectivity index (χ3n) is 6.46. The average molecular weight is 471 g/mol. The van der Waals surface area contributed by atoms with E-state index < -0.39 is 0 Å². The van der Waals surface area contributed by atoms with Crippen LogP contribution in [0.5, 0.6) is 0 Å². The molecule has 0 aromatic carbocycles. The summed E-state index contributed by atoms with van der Waals surface area (Å²) in [6, 6.07) is 1.16. The second-order valence-corrected chi connectivity index (χ2v) is 10.1. The van der Waals surface area contributed by atoms with Crippen LogP contribution in [0.3, 0.4) is 0 Å². The van der Waals surface area contributed by atoms with E-state index in [0.29, 0.717) is 18.0 Å². The van der Waals surface area contributed by atoms with Crippen molar-refractivity contribution >= 4 is 22.6 Å². The second-order valence-electron chi connectivity index (χ2n) is 8.32. The Bertz CT molecular complexity index is 521. The number of alkyl halides is 1. The zero-order valence-electron chi connectivity index (χ0n) is 15.9. The standard InChI is InChI=1S/C21H34IN3O/c22-16-5-7-17(8-6-16)24-21-15-18(25-10-12-26-13-11-25)14-20-19(21)4-2-1-3-9-23-20/h14-17,19-20,23-24H,1-13H2. The van der Waals surface area contributed by atoms with Gasteiger partial charge in [-0.05, 0) is 57.2 Å². The summed E-state index contributed by atoms with van der Waals surface area (Å²) >= 11 is 2.63. The molecule has 4 nitrogen and oxygen atoms in total. The molecule has 2 aliphatic heterocycles. The quantitative estimate of drug-likeness (QED) is 0.488. The lowest BCUT2D eigenvalue weighted by Gasteiger charge is -2.40. The highest BCUT2D eigenvalue weighted by Crippen LogP contribution is 2.33. The Hall–Kier alpha value is -0.270. The third kappa shape index (κ3) is 4.76. The summed E-state index contributed by atoms with van der Waals surface area (Å²) in [7, 11) is 0. The number of nitrogens with zero attached hydrogens (tertiary/aromatic N) is 1. The van der Waals surface area contributed by atoms with Gasteiger partial charge in [0.05, 0.1) is 13.2 Å². The van der Waals surface area contributed by atoms with E-state index in [9.17, 15) is 0 Å². The zero-order valence-corrected chi connectivity index (χ0v) is 18.0. The van der Waals surface area contributed by atoms with E-state index in [1.165, 1.54) is 62.8 Å². The molecule has 146 valence electrons. The highest BCUT2D eigenvalue weighted by Gasteiger charge is 2.31. The maximum atomic E-state index is 5.57. The molecule has 0 spiro atoms. The van der Waals surface area contributed by atoms with E-state index in [4.69, 9.17) is 4.74 Å². The topological polar surface area (TPSA) is 36.5 Å². The van der Waals surface area contributed by atoms with Crippen LogP contribution in [0.2, 0.25) is 0 Å². The molecule has 0 radical (unpaired) electrons. The number of hydrogen-bond donors (Lipinski definition) is 2. The first-order chi connectivity index (χ1) is 12.8. The molecule has 5 heteroatoms. The van der Waals surface area contributed by atoms with E-state index in [-0.39, 0.29) is 0 Å². The van der Waals surface area contributed by atoms with Crippen LogP contribution in [0.15, 0.2) is 23.5 Å². The Morgan fingerprint density at radius 2 is 1.85 bits per heavy atom. The van der Waals surface area contributed by atoms with Crippen LogP contribution in [0.4, 0.5) is 0 Å². The van der Waals surface area contributed by atoms with Gasteiger partial charge in [0.25, 0.3) is 0 Å². The van der Waals surface area contributed by atoms with E-state index in [1.807, 2.05) is 0 Å². The van der Waals surface area contributed by atoms with Gasteiger partial charge in [0.15, 0.2) is 0 Å². The van der Waals surface area contributed by atoms with Crippen molar-refractivity contribution in [2.75, 3.05) is 32.8 Å². The molecule has 4 aliphatic rings. The Morgan fingerprint density at radius 1 is 1.04 bits per heavy atom. The van der Waals surface area contributed by atoms with Gasteiger partial charge in [0.2, 0.25) is 0 Å². The number of ether oxygens (including phenoxy) is 1. The predicted molar refractivity (Wildman–Crippen MR) is 116 cm³/mol. The fourth-order valence-electron chi connectivity index (χ4n) is 4.88. The number of nitrogens with one attached hydrogen (secondary N) is 2. The summed E-state index contributed by atoms with van der Waals surface area (Å²) in [5.74, 6) is 0.623. The smallest absolute Gasteiger partial charge is 0.0642 e. The zero-order chi connectivity index (χ0) is 17.8. The van der Waals surface area contributed by atoms with Crippen molar-refractivity contribution in [3.63, 3.8) is 0 Å². The fourth-order valence-corrected chi connectivity index (χ4v) is 5.60. The SMILES string of the molecule is IC1CCC(NC2=CC(N3CCOCC3)=CC3NCCCCCC23)CC1. The van der Waals surface area contributed by atoms with Crippen LogP contribution < -0.4 is 10.6 Å². The summed E-state index contributed by atoms with van der Waals surface area (Å²) in [5, 5.41) is 7.86. The Morgan fingerprint density at radius 3 is 2.65 bits per heavy atom. The number of halogens is 1. The van der Waals surface area contributed by atoms with E-state index >= 15 is 0 Å². The predicted octanol–water partition coefficient (Wildman–Crippen LogP) is 3.58. The largest absolute Gasteiger partial charge is 0.385 e. The molecule has 0 aromatic rings. The maximum absolute atomic E-state index is 5.57. The van der Waals surface area contributed by atoms with Gasteiger partial charge < -0.3 is 20.3 Å². The Labute approximate surface area is 172 Å². The van der Waals surface area contributed by atoms with Gasteiger partial charge in [-0.2, -0.15) is 0 Å². The van der Waals surface area contributed by atoms with Gasteiger partial charge in [0.1, 0.15) is 0 Å². The lowest BCUT2D eigenvalue weighted by Crippen LogP contribution is -2.46. The van der Waals surface area contributed by atoms with Crippen molar-refractivity contribution in [1.29, 1.82) is 0 Å². The first kappa shape index (κ1) is 19.1. The van der Waals surface area contributed by atoms with Crippen LogP contribution in [0, 0.1) is 5.92 Å². The van der Waals surface area contributed by atoms with E-state index in [0.717, 1.165) is 36.8 Å². The molecule has 26 heavy (non-hydrogen) atoms. The molecule has 2 atom stereocenters. The molecule has 4 rings (SSSR count). The van der Waals surface area contributed by atoms with E-state index in [1.54, 1.807) is 0 Å². The van der Waals surface area contributed by atoms with Gasteiger partial charge >= 0.3 is 0 Å². The van der Waals surface area contributed by atoms with Crippen molar-refractivity contribution in [2.45, 2.75) is 67.4 Å². The van der Waals surface area contributed by atoms with Gasteiger partial charge in [-0.1, -0.05) is 35.4 Å². The van der Waals surface area contributed by atoms with Gasteiger partial charge in [-0.25, -0.2) is 0 Å². The number of hydrogen-bond acceptors (Lipinski definition) is 4. The third-order valence-corrected chi connectivity index (χ3v) is 7.71. The van der Waals surface area contributed by atoms with Crippen LogP contribution in [0.25, 0.3) is 0 Å². The highest BCUT2D eigenvalue weighted by molar-refractivity contribution is 14.1. The Kier molecular flexibility index (Phi) is 6.81. The summed E-state index contributed by atoms with van der Waals surface area (Å²) < 4.78 is 6.45. The monoisotopic (exact) mass is 471 g/mol. The summed E-state index contributed by atoms with van der Waals surface area (Å²) in [6.45, 7) is 4.91. The van der Waals surface area contributed by atoms with Crippen LogP contribution in [-0.2, 0) is 4.74 Å². The first-order valence-corrected chi connectivity index (χ1v) is 11.9. The molecule has 0 aromatic heterocycles. The number of allylic oxidation sites excluding steroid dienone is 1. The molecular formula is C21H34IN3O. The molecule has 1 saturated carbocycles. The second kappa shape index (κ2) is 9.28. The lowest BCUT2D eigenvalue weighted by atomic mass is 9.83. The minimum Gasteiger partial charge on any atom is -0.385 e. The van der Waals surface area contributed by atoms with Crippen molar-refractivity contribution in [3.05, 3.63) is 23.5 Å². The molecule has 2 saturated heterocycles. The number of rotatable bonds is 3. The molecular weight excluding hydrogens is 437 g/mol. The Balaban J connectivity index is 1.52. The van der Waals surface area contributed by atoms with Gasteiger partial charge in [-0.3, -0.25) is 0 Å². The lowest BCUT2D eigenvalue weighted by molar-refractivity contribution is 0.0546.